The number of nitrogens with one attached hydrogen (secondary N) is 1. The summed E-state index contributed by atoms with van der Waals surface area (Å²) in [5, 5.41) is 25.3. The predicted molar refractivity (Wildman–Crippen MR) is 91.9 cm³/mol. The number of hydrogen-bond donors (Lipinski definition) is 2. The summed E-state index contributed by atoms with van der Waals surface area (Å²) in [5.41, 5.74) is 1.44. The average molecular weight is 343 g/mol. The van der Waals surface area contributed by atoms with Crippen LogP contribution in [0.2, 0.25) is 0 Å². The summed E-state index contributed by atoms with van der Waals surface area (Å²) < 4.78 is 1.63. The number of phenolic OH excluding ortho intramolecular Hbond substituents is 1. The van der Waals surface area contributed by atoms with Crippen molar-refractivity contribution in [1.29, 1.82) is 0 Å². The maximum atomic E-state index is 9.97. The van der Waals surface area contributed by atoms with Gasteiger partial charge in [0.15, 0.2) is 5.82 Å². The van der Waals surface area contributed by atoms with Gasteiger partial charge in [0.05, 0.1) is 5.56 Å². The third kappa shape index (κ3) is 3.80. The Hall–Kier alpha value is -2.68. The number of rotatable bonds is 6. The van der Waals surface area contributed by atoms with Gasteiger partial charge in [-0.3, -0.25) is 0 Å². The average Bonchev–Trinajstić information content (AvgIpc) is 2.97. The molecule has 8 nitrogen and oxygen atoms in total. The normalized spacial score (nSPS) is 10.8. The van der Waals surface area contributed by atoms with E-state index < -0.39 is 0 Å². The molecule has 0 radical (unpaired) electrons. The van der Waals surface area contributed by atoms with Gasteiger partial charge in [-0.05, 0) is 29.5 Å². The molecule has 2 heterocycles. The van der Waals surface area contributed by atoms with Crippen LogP contribution in [0.5, 0.6) is 5.75 Å². The van der Waals surface area contributed by atoms with Crippen LogP contribution in [0.4, 0.5) is 5.82 Å². The third-order valence-electron chi connectivity index (χ3n) is 3.22. The number of anilines is 1. The zero-order valence-electron chi connectivity index (χ0n) is 13.3. The van der Waals surface area contributed by atoms with Gasteiger partial charge in [0.2, 0.25) is 5.16 Å². The highest BCUT2D eigenvalue weighted by Crippen LogP contribution is 2.26. The molecule has 2 aromatic heterocycles. The SMILES string of the molecule is Cc1cc(NCCSc2nnnn2C)nc(-c2ccccc2O)n1. The molecule has 3 aromatic rings. The highest BCUT2D eigenvalue weighted by Gasteiger charge is 2.09. The second kappa shape index (κ2) is 7.26. The van der Waals surface area contributed by atoms with E-state index in [0.717, 1.165) is 22.4 Å². The first-order valence-corrected chi connectivity index (χ1v) is 8.35. The summed E-state index contributed by atoms with van der Waals surface area (Å²) in [4.78, 5) is 8.88. The quantitative estimate of drug-likeness (QED) is 0.517. The molecule has 0 saturated heterocycles. The standard InChI is InChI=1S/C15H17N7OS/c1-10-9-13(16-7-8-24-15-19-20-21-22(15)2)18-14(17-10)11-5-3-4-6-12(11)23/h3-6,9,23H,7-8H2,1-2H3,(H,16,17,18). The Kier molecular flexibility index (Phi) is 4.90. The lowest BCUT2D eigenvalue weighted by Crippen LogP contribution is -2.08. The van der Waals surface area contributed by atoms with Gasteiger partial charge in [-0.25, -0.2) is 14.6 Å². The molecule has 124 valence electrons. The number of hydrogen-bond acceptors (Lipinski definition) is 8. The Morgan fingerprint density at radius 3 is 2.83 bits per heavy atom. The Bertz CT molecular complexity index is 836. The van der Waals surface area contributed by atoms with Gasteiger partial charge < -0.3 is 10.4 Å². The monoisotopic (exact) mass is 343 g/mol. The second-order valence-corrected chi connectivity index (χ2v) is 6.16. The van der Waals surface area contributed by atoms with Crippen molar-refractivity contribution < 1.29 is 5.11 Å². The van der Waals surface area contributed by atoms with Crippen LogP contribution in [0.25, 0.3) is 11.4 Å². The van der Waals surface area contributed by atoms with Crippen LogP contribution in [-0.2, 0) is 7.05 Å². The van der Waals surface area contributed by atoms with Crippen LogP contribution in [-0.4, -0.2) is 47.6 Å². The summed E-state index contributed by atoms with van der Waals surface area (Å²) in [6, 6.07) is 8.91. The highest BCUT2D eigenvalue weighted by molar-refractivity contribution is 7.99. The lowest BCUT2D eigenvalue weighted by atomic mass is 10.2. The molecular formula is C15H17N7OS. The van der Waals surface area contributed by atoms with Crippen LogP contribution in [0.1, 0.15) is 5.69 Å². The minimum Gasteiger partial charge on any atom is -0.507 e. The molecule has 0 atom stereocenters. The van der Waals surface area contributed by atoms with Gasteiger partial charge in [-0.2, -0.15) is 0 Å². The Morgan fingerprint density at radius 1 is 1.25 bits per heavy atom. The Balaban J connectivity index is 1.66. The number of aromatic nitrogens is 6. The number of nitrogens with zero attached hydrogens (tertiary/aromatic N) is 6. The Morgan fingerprint density at radius 2 is 2.08 bits per heavy atom. The van der Waals surface area contributed by atoms with Crippen molar-refractivity contribution in [2.24, 2.45) is 7.05 Å². The molecule has 0 spiro atoms. The van der Waals surface area contributed by atoms with Crippen LogP contribution < -0.4 is 5.32 Å². The number of benzene rings is 1. The minimum atomic E-state index is 0.166. The molecule has 3 rings (SSSR count). The fourth-order valence-corrected chi connectivity index (χ4v) is 2.81. The molecule has 0 aliphatic rings. The van der Waals surface area contributed by atoms with Crippen molar-refractivity contribution >= 4 is 17.6 Å². The summed E-state index contributed by atoms with van der Waals surface area (Å²) in [6.45, 7) is 2.60. The number of aromatic hydroxyl groups is 1. The smallest absolute Gasteiger partial charge is 0.209 e. The van der Waals surface area contributed by atoms with Gasteiger partial charge in [-0.1, -0.05) is 23.9 Å². The summed E-state index contributed by atoms with van der Waals surface area (Å²) in [7, 11) is 1.81. The van der Waals surface area contributed by atoms with Crippen molar-refractivity contribution in [2.75, 3.05) is 17.6 Å². The van der Waals surface area contributed by atoms with Crippen LogP contribution >= 0.6 is 11.8 Å². The van der Waals surface area contributed by atoms with Gasteiger partial charge in [0.25, 0.3) is 0 Å². The van der Waals surface area contributed by atoms with E-state index >= 15 is 0 Å². The fraction of sp³-hybridized carbons (Fsp3) is 0.267. The van der Waals surface area contributed by atoms with E-state index in [0.29, 0.717) is 17.9 Å². The fourth-order valence-electron chi connectivity index (χ4n) is 2.11. The molecule has 0 fully saturated rings. The molecule has 9 heteroatoms. The number of para-hydroxylation sites is 1. The van der Waals surface area contributed by atoms with E-state index in [2.05, 4.69) is 30.8 Å². The number of aryl methyl sites for hydroxylation is 2. The zero-order valence-corrected chi connectivity index (χ0v) is 14.2. The number of thioether (sulfide) groups is 1. The van der Waals surface area contributed by atoms with Gasteiger partial charge in [-0.15, -0.1) is 5.10 Å². The van der Waals surface area contributed by atoms with E-state index in [1.54, 1.807) is 34.6 Å². The van der Waals surface area contributed by atoms with Gasteiger partial charge in [0, 0.05) is 31.1 Å². The van der Waals surface area contributed by atoms with Crippen LogP contribution in [0.15, 0.2) is 35.5 Å². The number of tetrazole rings is 1. The molecule has 0 aliphatic carbocycles. The van der Waals surface area contributed by atoms with E-state index in [9.17, 15) is 5.11 Å². The van der Waals surface area contributed by atoms with Crippen molar-refractivity contribution in [3.05, 3.63) is 36.0 Å². The van der Waals surface area contributed by atoms with E-state index in [1.807, 2.05) is 26.1 Å². The Labute approximate surface area is 143 Å². The minimum absolute atomic E-state index is 0.166. The first kappa shape index (κ1) is 16.2. The van der Waals surface area contributed by atoms with E-state index in [1.165, 1.54) is 0 Å². The van der Waals surface area contributed by atoms with Crippen molar-refractivity contribution in [1.82, 2.24) is 30.2 Å². The van der Waals surface area contributed by atoms with Crippen LogP contribution in [0, 0.1) is 6.92 Å². The van der Waals surface area contributed by atoms with E-state index in [4.69, 9.17) is 0 Å². The lowest BCUT2D eigenvalue weighted by Gasteiger charge is -2.09. The first-order valence-electron chi connectivity index (χ1n) is 7.36. The molecular weight excluding hydrogens is 326 g/mol. The summed E-state index contributed by atoms with van der Waals surface area (Å²) in [6.07, 6.45) is 0. The van der Waals surface area contributed by atoms with Crippen molar-refractivity contribution in [3.8, 4) is 17.1 Å². The molecule has 0 bridgehead atoms. The van der Waals surface area contributed by atoms with Gasteiger partial charge in [0.1, 0.15) is 11.6 Å². The summed E-state index contributed by atoms with van der Waals surface area (Å²) in [5.74, 6) is 2.18. The zero-order chi connectivity index (χ0) is 16.9. The third-order valence-corrected chi connectivity index (χ3v) is 4.23. The topological polar surface area (TPSA) is 102 Å². The van der Waals surface area contributed by atoms with Gasteiger partial charge >= 0.3 is 0 Å². The van der Waals surface area contributed by atoms with Crippen LogP contribution in [0.3, 0.4) is 0 Å². The molecule has 24 heavy (non-hydrogen) atoms. The molecule has 0 amide bonds. The lowest BCUT2D eigenvalue weighted by molar-refractivity contribution is 0.477. The second-order valence-electron chi connectivity index (χ2n) is 5.10. The molecule has 1 aromatic carbocycles. The maximum absolute atomic E-state index is 9.97. The highest BCUT2D eigenvalue weighted by atomic mass is 32.2. The molecule has 0 aliphatic heterocycles. The first-order chi connectivity index (χ1) is 11.6. The maximum Gasteiger partial charge on any atom is 0.209 e. The van der Waals surface area contributed by atoms with Crippen molar-refractivity contribution in [3.63, 3.8) is 0 Å². The molecule has 0 saturated carbocycles. The van der Waals surface area contributed by atoms with E-state index in [-0.39, 0.29) is 5.75 Å². The molecule has 0 unspecified atom stereocenters. The largest absolute Gasteiger partial charge is 0.507 e. The molecule has 2 N–H and O–H groups in total. The summed E-state index contributed by atoms with van der Waals surface area (Å²) >= 11 is 1.56. The van der Waals surface area contributed by atoms with Crippen molar-refractivity contribution in [2.45, 2.75) is 12.1 Å². The number of phenols is 1. The predicted octanol–water partition coefficient (Wildman–Crippen LogP) is 1.89.